The van der Waals surface area contributed by atoms with Gasteiger partial charge in [-0.25, -0.2) is 0 Å². The summed E-state index contributed by atoms with van der Waals surface area (Å²) in [6.45, 7) is 0. The van der Waals surface area contributed by atoms with Crippen molar-refractivity contribution < 1.29 is 25.2 Å². The van der Waals surface area contributed by atoms with Crippen LogP contribution in [0.5, 0.6) is 17.2 Å². The smallest absolute Gasteiger partial charge is 0.169 e. The van der Waals surface area contributed by atoms with Gasteiger partial charge in [-0.15, -0.1) is 0 Å². The van der Waals surface area contributed by atoms with Crippen LogP contribution in [0, 0.1) is 0 Å². The Morgan fingerprint density at radius 2 is 1.68 bits per heavy atom. The van der Waals surface area contributed by atoms with Crippen molar-refractivity contribution in [2.24, 2.45) is 0 Å². The van der Waals surface area contributed by atoms with Gasteiger partial charge in [0.15, 0.2) is 5.78 Å². The lowest BCUT2D eigenvalue weighted by Crippen LogP contribution is -2.28. The first-order valence-corrected chi connectivity index (χ1v) is 8.04. The van der Waals surface area contributed by atoms with Crippen molar-refractivity contribution in [1.29, 1.82) is 0 Å². The third-order valence-corrected chi connectivity index (χ3v) is 5.35. The van der Waals surface area contributed by atoms with E-state index in [-0.39, 0.29) is 35.0 Å². The Kier molecular flexibility index (Phi) is 2.59. The van der Waals surface area contributed by atoms with Crippen LogP contribution in [0.2, 0.25) is 0 Å². The molecule has 2 atom stereocenters. The Morgan fingerprint density at radius 3 is 2.48 bits per heavy atom. The minimum Gasteiger partial charge on any atom is -0.507 e. The van der Waals surface area contributed by atoms with Gasteiger partial charge >= 0.3 is 0 Å². The third-order valence-electron chi connectivity index (χ3n) is 5.35. The van der Waals surface area contributed by atoms with E-state index in [4.69, 9.17) is 0 Å². The number of rotatable bonds is 0. The highest BCUT2D eigenvalue weighted by molar-refractivity contribution is 6.09. The molecule has 124 valence electrons. The number of phenols is 3. The van der Waals surface area contributed by atoms with Gasteiger partial charge in [0.25, 0.3) is 0 Å². The highest BCUT2D eigenvalue weighted by Crippen LogP contribution is 2.56. The summed E-state index contributed by atoms with van der Waals surface area (Å²) < 4.78 is 0. The summed E-state index contributed by atoms with van der Waals surface area (Å²) >= 11 is 0. The molecule has 3 aromatic carbocycles. The van der Waals surface area contributed by atoms with Crippen molar-refractivity contribution >= 4 is 16.6 Å². The molecular weight excluding hydrogens is 320 g/mol. The molecule has 25 heavy (non-hydrogen) atoms. The summed E-state index contributed by atoms with van der Waals surface area (Å²) in [4.78, 5) is 12.4. The molecule has 0 radical (unpaired) electrons. The van der Waals surface area contributed by atoms with E-state index >= 15 is 0 Å². The molecule has 0 aromatic heterocycles. The van der Waals surface area contributed by atoms with Gasteiger partial charge in [-0.1, -0.05) is 18.2 Å². The van der Waals surface area contributed by atoms with E-state index < -0.39 is 12.0 Å². The number of aliphatic hydroxyl groups is 1. The van der Waals surface area contributed by atoms with Gasteiger partial charge in [-0.3, -0.25) is 4.79 Å². The molecule has 0 saturated carbocycles. The molecule has 0 unspecified atom stereocenters. The number of fused-ring (bicyclic) bond motifs is 5. The molecule has 5 heteroatoms. The van der Waals surface area contributed by atoms with Crippen LogP contribution in [0.1, 0.15) is 33.8 Å². The number of hydrogen-bond acceptors (Lipinski definition) is 5. The maximum atomic E-state index is 12.4. The predicted molar refractivity (Wildman–Crippen MR) is 91.2 cm³/mol. The van der Waals surface area contributed by atoms with Gasteiger partial charge in [0.1, 0.15) is 17.2 Å². The largest absolute Gasteiger partial charge is 0.507 e. The zero-order chi connectivity index (χ0) is 17.5. The van der Waals surface area contributed by atoms with Gasteiger partial charge in [0, 0.05) is 12.3 Å². The Balaban J connectivity index is 1.98. The lowest BCUT2D eigenvalue weighted by Gasteiger charge is -2.28. The van der Waals surface area contributed by atoms with Crippen molar-refractivity contribution in [3.63, 3.8) is 0 Å². The second-order valence-corrected chi connectivity index (χ2v) is 6.65. The molecule has 2 aliphatic rings. The molecule has 2 aliphatic carbocycles. The van der Waals surface area contributed by atoms with Gasteiger partial charge < -0.3 is 20.4 Å². The van der Waals surface area contributed by atoms with E-state index in [1.165, 1.54) is 12.1 Å². The van der Waals surface area contributed by atoms with Gasteiger partial charge in [-0.2, -0.15) is 0 Å². The number of aliphatic hydroxyl groups excluding tert-OH is 1. The number of aromatic hydroxyl groups is 3. The zero-order valence-corrected chi connectivity index (χ0v) is 13.0. The van der Waals surface area contributed by atoms with Gasteiger partial charge in [0.05, 0.1) is 17.1 Å². The quantitative estimate of drug-likeness (QED) is 0.507. The monoisotopic (exact) mass is 334 g/mol. The third kappa shape index (κ3) is 1.63. The second-order valence-electron chi connectivity index (χ2n) is 6.65. The minimum absolute atomic E-state index is 0.0433. The molecule has 0 bridgehead atoms. The molecule has 0 spiro atoms. The Hall–Kier alpha value is -3.05. The number of benzene rings is 3. The summed E-state index contributed by atoms with van der Waals surface area (Å²) in [5, 5.41) is 42.3. The van der Waals surface area contributed by atoms with Gasteiger partial charge in [0.2, 0.25) is 0 Å². The molecule has 0 heterocycles. The van der Waals surface area contributed by atoms with Crippen molar-refractivity contribution in [3.05, 3.63) is 53.1 Å². The summed E-state index contributed by atoms with van der Waals surface area (Å²) in [5.41, 5.74) is 3.06. The summed E-state index contributed by atoms with van der Waals surface area (Å²) in [5.74, 6) is -0.965. The molecule has 0 amide bonds. The first-order chi connectivity index (χ1) is 12.0. The number of hydrogen-bond donors (Lipinski definition) is 4. The van der Waals surface area contributed by atoms with Crippen LogP contribution in [0.3, 0.4) is 0 Å². The summed E-state index contributed by atoms with van der Waals surface area (Å²) in [6.07, 6.45) is -0.994. The van der Waals surface area contributed by atoms with E-state index in [1.807, 2.05) is 0 Å². The average Bonchev–Trinajstić information content (AvgIpc) is 2.88. The lowest BCUT2D eigenvalue weighted by atomic mass is 9.78. The number of carbonyl (C=O) groups excluding carboxylic acids is 1. The predicted octanol–water partition coefficient (Wildman–Crippen LogP) is 3.02. The maximum absolute atomic E-state index is 12.4. The molecule has 0 fully saturated rings. The van der Waals surface area contributed by atoms with Crippen LogP contribution in [0.25, 0.3) is 21.9 Å². The molecular formula is C20H14O5. The number of ketones is 1. The van der Waals surface area contributed by atoms with Crippen molar-refractivity contribution in [3.8, 4) is 28.4 Å². The van der Waals surface area contributed by atoms with E-state index in [0.717, 1.165) is 11.1 Å². The number of carbonyl (C=O) groups is 1. The Bertz CT molecular complexity index is 1100. The molecule has 4 N–H and O–H groups in total. The highest BCUT2D eigenvalue weighted by Gasteiger charge is 2.44. The van der Waals surface area contributed by atoms with Crippen molar-refractivity contribution in [2.75, 3.05) is 0 Å². The van der Waals surface area contributed by atoms with Crippen LogP contribution < -0.4 is 0 Å². The number of phenolic OH excluding ortho intramolecular Hbond substituents is 3. The molecule has 3 aromatic rings. The molecule has 5 rings (SSSR count). The van der Waals surface area contributed by atoms with Crippen LogP contribution in [0.15, 0.2) is 36.4 Å². The Morgan fingerprint density at radius 1 is 0.880 bits per heavy atom. The second kappa shape index (κ2) is 4.52. The number of Topliss-reactive ketones (excluding diaryl/α,β-unsaturated/α-hetero) is 1. The molecule has 5 nitrogen and oxygen atoms in total. The van der Waals surface area contributed by atoms with Crippen molar-refractivity contribution in [1.82, 2.24) is 0 Å². The average molecular weight is 334 g/mol. The maximum Gasteiger partial charge on any atom is 0.169 e. The molecule has 0 aliphatic heterocycles. The fourth-order valence-corrected chi connectivity index (χ4v) is 4.42. The van der Waals surface area contributed by atoms with E-state index in [0.29, 0.717) is 21.9 Å². The SMILES string of the molecule is O=C1C[C@H](O)[C@H]2c3c(ccc(O)c31)-c1cc(O)c3c(O)cccc3c12. The first-order valence-electron chi connectivity index (χ1n) is 8.04. The highest BCUT2D eigenvalue weighted by atomic mass is 16.3. The standard InChI is InChI=1S/C20H14O5/c21-11-3-1-2-9-16-10(6-13(23)17(9)11)8-4-5-12(22)19-14(24)7-15(25)20(16)18(8)19/h1-6,15,20-23,25H,7H2/t15-,20+/m0/s1. The topological polar surface area (TPSA) is 98.0 Å². The Labute approximate surface area is 142 Å². The van der Waals surface area contributed by atoms with E-state index in [9.17, 15) is 25.2 Å². The van der Waals surface area contributed by atoms with Gasteiger partial charge in [-0.05, 0) is 45.8 Å². The van der Waals surface area contributed by atoms with Crippen molar-refractivity contribution in [2.45, 2.75) is 18.4 Å². The van der Waals surface area contributed by atoms with Crippen LogP contribution in [-0.2, 0) is 0 Å². The summed E-state index contributed by atoms with van der Waals surface area (Å²) in [7, 11) is 0. The first kappa shape index (κ1) is 14.3. The van der Waals surface area contributed by atoms with Crippen LogP contribution >= 0.6 is 0 Å². The zero-order valence-electron chi connectivity index (χ0n) is 13.0. The normalized spacial score (nSPS) is 20.6. The fraction of sp³-hybridized carbons (Fsp3) is 0.150. The van der Waals surface area contributed by atoms with E-state index in [1.54, 1.807) is 24.3 Å². The van der Waals surface area contributed by atoms with Crippen LogP contribution in [-0.4, -0.2) is 32.3 Å². The minimum atomic E-state index is -0.920. The van der Waals surface area contributed by atoms with Crippen LogP contribution in [0.4, 0.5) is 0 Å². The molecule has 0 saturated heterocycles. The van der Waals surface area contributed by atoms with E-state index in [2.05, 4.69) is 0 Å². The fourth-order valence-electron chi connectivity index (χ4n) is 4.42. The summed E-state index contributed by atoms with van der Waals surface area (Å²) in [6, 6.07) is 9.68. The lowest BCUT2D eigenvalue weighted by molar-refractivity contribution is 0.0821.